The van der Waals surface area contributed by atoms with Crippen molar-refractivity contribution >= 4 is 16.6 Å². The molecule has 3 aromatic rings. The second-order valence-corrected chi connectivity index (χ2v) is 4.72. The Morgan fingerprint density at radius 1 is 1.10 bits per heavy atom. The van der Waals surface area contributed by atoms with Crippen LogP contribution in [0.2, 0.25) is 0 Å². The highest BCUT2D eigenvalue weighted by molar-refractivity contribution is 5.78. The Kier molecular flexibility index (Phi) is 3.21. The van der Waals surface area contributed by atoms with Gasteiger partial charge in [-0.05, 0) is 18.2 Å². The molecular formula is C16H15N3O. The molecule has 0 aliphatic heterocycles. The largest absolute Gasteiger partial charge is 0.378 e. The van der Waals surface area contributed by atoms with E-state index < -0.39 is 0 Å². The van der Waals surface area contributed by atoms with Crippen LogP contribution >= 0.6 is 0 Å². The number of aryl methyl sites for hydroxylation is 1. The van der Waals surface area contributed by atoms with Crippen LogP contribution in [-0.4, -0.2) is 9.55 Å². The number of benzene rings is 1. The van der Waals surface area contributed by atoms with Gasteiger partial charge in [0.05, 0.1) is 23.4 Å². The van der Waals surface area contributed by atoms with E-state index in [2.05, 4.69) is 16.4 Å². The lowest BCUT2D eigenvalue weighted by Gasteiger charge is -2.08. The summed E-state index contributed by atoms with van der Waals surface area (Å²) in [5, 5.41) is 4.41. The molecule has 20 heavy (non-hydrogen) atoms. The standard InChI is InChI=1S/C16H15N3O/c1-19-11-14(8-9-16(19)20)17-10-13-7-6-12-4-2-3-5-15(12)18-13/h2-9,11,17H,10H2,1H3. The third-order valence-corrected chi connectivity index (χ3v) is 3.22. The van der Waals surface area contributed by atoms with Crippen molar-refractivity contribution in [1.82, 2.24) is 9.55 Å². The quantitative estimate of drug-likeness (QED) is 0.791. The van der Waals surface area contributed by atoms with E-state index >= 15 is 0 Å². The minimum atomic E-state index is -0.0145. The van der Waals surface area contributed by atoms with E-state index in [-0.39, 0.29) is 5.56 Å². The van der Waals surface area contributed by atoms with Crippen LogP contribution in [0.4, 0.5) is 5.69 Å². The number of para-hydroxylation sites is 1. The summed E-state index contributed by atoms with van der Waals surface area (Å²) in [5.41, 5.74) is 2.85. The van der Waals surface area contributed by atoms with Gasteiger partial charge in [-0.25, -0.2) is 0 Å². The van der Waals surface area contributed by atoms with Crippen molar-refractivity contribution in [1.29, 1.82) is 0 Å². The molecule has 0 spiro atoms. The zero-order valence-electron chi connectivity index (χ0n) is 11.2. The minimum Gasteiger partial charge on any atom is -0.378 e. The maximum absolute atomic E-state index is 11.3. The number of hydrogen-bond acceptors (Lipinski definition) is 3. The second-order valence-electron chi connectivity index (χ2n) is 4.72. The molecule has 0 bridgehead atoms. The molecule has 2 aromatic heterocycles. The maximum atomic E-state index is 11.3. The van der Waals surface area contributed by atoms with Gasteiger partial charge in [0.15, 0.2) is 0 Å². The highest BCUT2D eigenvalue weighted by atomic mass is 16.1. The first-order valence-corrected chi connectivity index (χ1v) is 6.47. The number of rotatable bonds is 3. The molecule has 0 aliphatic carbocycles. The topological polar surface area (TPSA) is 46.9 Å². The van der Waals surface area contributed by atoms with Crippen molar-refractivity contribution in [3.8, 4) is 0 Å². The predicted octanol–water partition coefficient (Wildman–Crippen LogP) is 2.55. The van der Waals surface area contributed by atoms with Crippen LogP contribution in [0.1, 0.15) is 5.69 Å². The van der Waals surface area contributed by atoms with Crippen LogP contribution in [0.3, 0.4) is 0 Å². The van der Waals surface area contributed by atoms with Gasteiger partial charge in [0, 0.05) is 24.7 Å². The van der Waals surface area contributed by atoms with Crippen LogP contribution in [0, 0.1) is 0 Å². The van der Waals surface area contributed by atoms with E-state index in [0.29, 0.717) is 6.54 Å². The number of aromatic nitrogens is 2. The van der Waals surface area contributed by atoms with E-state index in [0.717, 1.165) is 22.3 Å². The Morgan fingerprint density at radius 2 is 1.95 bits per heavy atom. The van der Waals surface area contributed by atoms with E-state index in [9.17, 15) is 4.79 Å². The number of fused-ring (bicyclic) bond motifs is 1. The normalized spacial score (nSPS) is 10.7. The van der Waals surface area contributed by atoms with E-state index in [1.807, 2.05) is 30.3 Å². The predicted molar refractivity (Wildman–Crippen MR) is 80.8 cm³/mol. The van der Waals surface area contributed by atoms with Gasteiger partial charge in [-0.15, -0.1) is 0 Å². The molecule has 0 fully saturated rings. The van der Waals surface area contributed by atoms with Gasteiger partial charge in [0.1, 0.15) is 0 Å². The molecule has 4 heteroatoms. The maximum Gasteiger partial charge on any atom is 0.250 e. The van der Waals surface area contributed by atoms with Crippen LogP contribution in [0.5, 0.6) is 0 Å². The Bertz CT molecular complexity index is 808. The highest BCUT2D eigenvalue weighted by Gasteiger charge is 1.99. The molecule has 2 heterocycles. The molecule has 100 valence electrons. The summed E-state index contributed by atoms with van der Waals surface area (Å²) in [5.74, 6) is 0. The van der Waals surface area contributed by atoms with Crippen LogP contribution in [-0.2, 0) is 13.6 Å². The van der Waals surface area contributed by atoms with Crippen molar-refractivity contribution in [3.05, 3.63) is 70.8 Å². The molecule has 4 nitrogen and oxygen atoms in total. The van der Waals surface area contributed by atoms with Crippen molar-refractivity contribution in [2.24, 2.45) is 7.05 Å². The average molecular weight is 265 g/mol. The van der Waals surface area contributed by atoms with Crippen molar-refractivity contribution in [2.75, 3.05) is 5.32 Å². The second kappa shape index (κ2) is 5.17. The fourth-order valence-corrected chi connectivity index (χ4v) is 2.10. The molecule has 0 radical (unpaired) electrons. The zero-order valence-corrected chi connectivity index (χ0v) is 11.2. The van der Waals surface area contributed by atoms with Gasteiger partial charge in [0.2, 0.25) is 5.56 Å². The van der Waals surface area contributed by atoms with Crippen molar-refractivity contribution < 1.29 is 0 Å². The van der Waals surface area contributed by atoms with Crippen LogP contribution in [0.25, 0.3) is 10.9 Å². The number of nitrogens with zero attached hydrogens (tertiary/aromatic N) is 2. The van der Waals surface area contributed by atoms with E-state index in [4.69, 9.17) is 0 Å². The van der Waals surface area contributed by atoms with Gasteiger partial charge in [-0.3, -0.25) is 9.78 Å². The molecular weight excluding hydrogens is 250 g/mol. The number of hydrogen-bond donors (Lipinski definition) is 1. The first-order chi connectivity index (χ1) is 9.72. The SMILES string of the molecule is Cn1cc(NCc2ccc3ccccc3n2)ccc1=O. The number of anilines is 1. The number of nitrogens with one attached hydrogen (secondary N) is 1. The lowest BCUT2D eigenvalue weighted by molar-refractivity contribution is 0.858. The summed E-state index contributed by atoms with van der Waals surface area (Å²) in [6, 6.07) is 15.5. The lowest BCUT2D eigenvalue weighted by atomic mass is 10.2. The highest BCUT2D eigenvalue weighted by Crippen LogP contribution is 2.13. The first-order valence-electron chi connectivity index (χ1n) is 6.47. The Hall–Kier alpha value is -2.62. The zero-order chi connectivity index (χ0) is 13.9. The van der Waals surface area contributed by atoms with Crippen LogP contribution in [0.15, 0.2) is 59.5 Å². The Morgan fingerprint density at radius 3 is 2.80 bits per heavy atom. The van der Waals surface area contributed by atoms with Gasteiger partial charge in [-0.1, -0.05) is 24.3 Å². The minimum absolute atomic E-state index is 0.0145. The van der Waals surface area contributed by atoms with Crippen molar-refractivity contribution in [2.45, 2.75) is 6.54 Å². The third kappa shape index (κ3) is 2.54. The average Bonchev–Trinajstić information content (AvgIpc) is 2.48. The summed E-state index contributed by atoms with van der Waals surface area (Å²) in [6.07, 6.45) is 1.78. The van der Waals surface area contributed by atoms with Gasteiger partial charge < -0.3 is 9.88 Å². The molecule has 0 saturated carbocycles. The molecule has 1 N–H and O–H groups in total. The summed E-state index contributed by atoms with van der Waals surface area (Å²) >= 11 is 0. The molecule has 0 aliphatic rings. The molecule has 1 aromatic carbocycles. The summed E-state index contributed by atoms with van der Waals surface area (Å²) in [6.45, 7) is 0.628. The summed E-state index contributed by atoms with van der Waals surface area (Å²) in [4.78, 5) is 15.9. The Labute approximate surface area is 116 Å². The fourth-order valence-electron chi connectivity index (χ4n) is 2.10. The van der Waals surface area contributed by atoms with Crippen molar-refractivity contribution in [3.63, 3.8) is 0 Å². The fraction of sp³-hybridized carbons (Fsp3) is 0.125. The van der Waals surface area contributed by atoms with Gasteiger partial charge >= 0.3 is 0 Å². The lowest BCUT2D eigenvalue weighted by Crippen LogP contribution is -2.15. The monoisotopic (exact) mass is 265 g/mol. The van der Waals surface area contributed by atoms with Gasteiger partial charge in [-0.2, -0.15) is 0 Å². The number of pyridine rings is 2. The summed E-state index contributed by atoms with van der Waals surface area (Å²) < 4.78 is 1.55. The van der Waals surface area contributed by atoms with E-state index in [1.165, 1.54) is 0 Å². The van der Waals surface area contributed by atoms with E-state index in [1.54, 1.807) is 29.9 Å². The Balaban J connectivity index is 1.79. The van der Waals surface area contributed by atoms with Gasteiger partial charge in [0.25, 0.3) is 0 Å². The van der Waals surface area contributed by atoms with Crippen LogP contribution < -0.4 is 10.9 Å². The third-order valence-electron chi connectivity index (χ3n) is 3.22. The molecule has 0 amide bonds. The molecule has 0 unspecified atom stereocenters. The molecule has 0 atom stereocenters. The molecule has 0 saturated heterocycles. The smallest absolute Gasteiger partial charge is 0.250 e. The first kappa shape index (κ1) is 12.4. The summed E-state index contributed by atoms with van der Waals surface area (Å²) in [7, 11) is 1.74. The molecule has 3 rings (SSSR count).